The highest BCUT2D eigenvalue weighted by atomic mass is 35.5. The number of furan rings is 1. The van der Waals surface area contributed by atoms with Crippen LogP contribution < -0.4 is 9.64 Å². The van der Waals surface area contributed by atoms with Gasteiger partial charge in [-0.3, -0.25) is 4.57 Å². The molecular weight excluding hydrogens is 408 g/mol. The summed E-state index contributed by atoms with van der Waals surface area (Å²) < 4.78 is 13.5. The van der Waals surface area contributed by atoms with Crippen LogP contribution in [0.3, 0.4) is 0 Å². The van der Waals surface area contributed by atoms with Crippen LogP contribution in [0.1, 0.15) is 31.4 Å². The van der Waals surface area contributed by atoms with Crippen molar-refractivity contribution in [1.82, 2.24) is 14.8 Å². The van der Waals surface area contributed by atoms with Crippen LogP contribution in [0.4, 0.5) is 5.95 Å². The summed E-state index contributed by atoms with van der Waals surface area (Å²) in [5.41, 5.74) is 0. The lowest BCUT2D eigenvalue weighted by molar-refractivity contribution is 0.318. The van der Waals surface area contributed by atoms with Crippen molar-refractivity contribution in [3.8, 4) is 5.75 Å². The Morgan fingerprint density at radius 3 is 2.79 bits per heavy atom. The summed E-state index contributed by atoms with van der Waals surface area (Å²) >= 11 is 7.70. The van der Waals surface area contributed by atoms with Crippen LogP contribution in [0.5, 0.6) is 5.75 Å². The summed E-state index contributed by atoms with van der Waals surface area (Å²) in [4.78, 5) is 2.34. The first-order valence-corrected chi connectivity index (χ1v) is 11.4. The standard InChI is InChI=1S/C21H25ClN4O2S/c22-17-7-4-8-18(15-17)27-13-6-14-29-21-24-23-20(25-10-2-1-3-11-25)26(21)16-19-9-5-12-28-19/h4-5,7-9,12,15H,1-3,6,10-11,13-14,16H2. The van der Waals surface area contributed by atoms with E-state index in [4.69, 9.17) is 20.8 Å². The van der Waals surface area contributed by atoms with Crippen LogP contribution in [0.2, 0.25) is 5.02 Å². The lowest BCUT2D eigenvalue weighted by Crippen LogP contribution is -2.32. The molecule has 3 aromatic rings. The first-order chi connectivity index (χ1) is 14.3. The molecule has 1 saturated heterocycles. The van der Waals surface area contributed by atoms with Crippen molar-refractivity contribution in [2.45, 2.75) is 37.4 Å². The molecule has 0 atom stereocenters. The molecule has 0 N–H and O–H groups in total. The zero-order valence-electron chi connectivity index (χ0n) is 16.3. The van der Waals surface area contributed by atoms with Crippen molar-refractivity contribution in [3.05, 3.63) is 53.4 Å². The normalized spacial score (nSPS) is 14.3. The van der Waals surface area contributed by atoms with Crippen molar-refractivity contribution >= 4 is 29.3 Å². The number of ether oxygens (including phenoxy) is 1. The second-order valence-corrected chi connectivity index (χ2v) is 8.50. The molecule has 1 fully saturated rings. The number of thioether (sulfide) groups is 1. The predicted octanol–water partition coefficient (Wildman–Crippen LogP) is 5.12. The van der Waals surface area contributed by atoms with E-state index < -0.39 is 0 Å². The van der Waals surface area contributed by atoms with E-state index >= 15 is 0 Å². The Kier molecular flexibility index (Phi) is 7.00. The van der Waals surface area contributed by atoms with Gasteiger partial charge in [-0.15, -0.1) is 10.2 Å². The van der Waals surface area contributed by atoms with Gasteiger partial charge in [-0.05, 0) is 56.0 Å². The van der Waals surface area contributed by atoms with Gasteiger partial charge in [-0.2, -0.15) is 0 Å². The third-order valence-electron chi connectivity index (χ3n) is 4.81. The highest BCUT2D eigenvalue weighted by molar-refractivity contribution is 7.99. The zero-order chi connectivity index (χ0) is 19.9. The molecule has 0 bridgehead atoms. The first-order valence-electron chi connectivity index (χ1n) is 10.0. The summed E-state index contributed by atoms with van der Waals surface area (Å²) in [6, 6.07) is 11.4. The van der Waals surface area contributed by atoms with E-state index in [9.17, 15) is 0 Å². The van der Waals surface area contributed by atoms with E-state index in [1.807, 2.05) is 36.4 Å². The average Bonchev–Trinajstić information content (AvgIpc) is 3.39. The molecule has 2 aromatic heterocycles. The molecule has 3 heterocycles. The molecule has 6 nitrogen and oxygen atoms in total. The number of anilines is 1. The van der Waals surface area contributed by atoms with Crippen LogP contribution in [-0.4, -0.2) is 40.2 Å². The SMILES string of the molecule is Clc1cccc(OCCCSc2nnc(N3CCCCC3)n2Cc2ccco2)c1. The number of halogens is 1. The van der Waals surface area contributed by atoms with Crippen LogP contribution in [0.15, 0.2) is 52.2 Å². The molecule has 29 heavy (non-hydrogen) atoms. The summed E-state index contributed by atoms with van der Waals surface area (Å²) in [5.74, 6) is 3.56. The van der Waals surface area contributed by atoms with Crippen molar-refractivity contribution < 1.29 is 9.15 Å². The molecule has 154 valence electrons. The minimum Gasteiger partial charge on any atom is -0.494 e. The van der Waals surface area contributed by atoms with Gasteiger partial charge in [0, 0.05) is 23.9 Å². The topological polar surface area (TPSA) is 56.3 Å². The summed E-state index contributed by atoms with van der Waals surface area (Å²) in [6.07, 6.45) is 6.31. The number of benzene rings is 1. The number of nitrogens with zero attached hydrogens (tertiary/aromatic N) is 4. The molecule has 0 radical (unpaired) electrons. The van der Waals surface area contributed by atoms with Crippen molar-refractivity contribution in [1.29, 1.82) is 0 Å². The van der Waals surface area contributed by atoms with Gasteiger partial charge in [-0.25, -0.2) is 0 Å². The van der Waals surface area contributed by atoms with E-state index in [1.54, 1.807) is 18.0 Å². The van der Waals surface area contributed by atoms with Gasteiger partial charge in [0.2, 0.25) is 5.95 Å². The number of piperidine rings is 1. The maximum Gasteiger partial charge on any atom is 0.228 e. The molecule has 0 spiro atoms. The number of rotatable bonds is 9. The molecular formula is C21H25ClN4O2S. The van der Waals surface area contributed by atoms with Gasteiger partial charge in [0.05, 0.1) is 19.4 Å². The van der Waals surface area contributed by atoms with E-state index in [2.05, 4.69) is 19.7 Å². The van der Waals surface area contributed by atoms with Crippen LogP contribution in [-0.2, 0) is 6.54 Å². The zero-order valence-corrected chi connectivity index (χ0v) is 17.9. The fourth-order valence-corrected chi connectivity index (χ4v) is 4.41. The highest BCUT2D eigenvalue weighted by Crippen LogP contribution is 2.26. The van der Waals surface area contributed by atoms with Gasteiger partial charge >= 0.3 is 0 Å². The first kappa shape index (κ1) is 20.2. The van der Waals surface area contributed by atoms with Crippen LogP contribution in [0.25, 0.3) is 0 Å². The molecule has 0 aliphatic carbocycles. The molecule has 8 heteroatoms. The Morgan fingerprint density at radius 2 is 2.00 bits per heavy atom. The fourth-order valence-electron chi connectivity index (χ4n) is 3.38. The van der Waals surface area contributed by atoms with Crippen molar-refractivity contribution in [2.24, 2.45) is 0 Å². The average molecular weight is 433 g/mol. The number of hydrogen-bond acceptors (Lipinski definition) is 6. The molecule has 4 rings (SSSR count). The Labute approximate surface area is 180 Å². The highest BCUT2D eigenvalue weighted by Gasteiger charge is 2.21. The quantitative estimate of drug-likeness (QED) is 0.345. The maximum atomic E-state index is 5.99. The van der Waals surface area contributed by atoms with E-state index in [1.165, 1.54) is 19.3 Å². The van der Waals surface area contributed by atoms with Gasteiger partial charge in [0.1, 0.15) is 11.5 Å². The van der Waals surface area contributed by atoms with Gasteiger partial charge in [-0.1, -0.05) is 29.4 Å². The Bertz CT molecular complexity index is 894. The second kappa shape index (κ2) is 10.1. The largest absolute Gasteiger partial charge is 0.494 e. The summed E-state index contributed by atoms with van der Waals surface area (Å²) in [7, 11) is 0. The Balaban J connectivity index is 1.36. The van der Waals surface area contributed by atoms with E-state index in [-0.39, 0.29) is 0 Å². The lowest BCUT2D eigenvalue weighted by atomic mass is 10.1. The second-order valence-electron chi connectivity index (χ2n) is 7.00. The maximum absolute atomic E-state index is 5.99. The molecule has 0 unspecified atom stereocenters. The van der Waals surface area contributed by atoms with E-state index in [0.29, 0.717) is 18.2 Å². The summed E-state index contributed by atoms with van der Waals surface area (Å²) in [5, 5.41) is 10.6. The predicted molar refractivity (Wildman–Crippen MR) is 116 cm³/mol. The third kappa shape index (κ3) is 5.48. The van der Waals surface area contributed by atoms with Crippen molar-refractivity contribution in [3.63, 3.8) is 0 Å². The van der Waals surface area contributed by atoms with E-state index in [0.717, 1.165) is 47.9 Å². The van der Waals surface area contributed by atoms with Crippen LogP contribution in [0, 0.1) is 0 Å². The number of hydrogen-bond donors (Lipinski definition) is 0. The molecule has 1 aliphatic heterocycles. The minimum absolute atomic E-state index is 0.638. The Morgan fingerprint density at radius 1 is 1.10 bits per heavy atom. The summed E-state index contributed by atoms with van der Waals surface area (Å²) in [6.45, 7) is 3.36. The van der Waals surface area contributed by atoms with Crippen molar-refractivity contribution in [2.75, 3.05) is 30.3 Å². The van der Waals surface area contributed by atoms with Gasteiger partial charge in [0.15, 0.2) is 5.16 Å². The smallest absolute Gasteiger partial charge is 0.228 e. The molecule has 0 saturated carbocycles. The monoisotopic (exact) mass is 432 g/mol. The molecule has 0 amide bonds. The fraction of sp³-hybridized carbons (Fsp3) is 0.429. The van der Waals surface area contributed by atoms with Gasteiger partial charge < -0.3 is 14.1 Å². The molecule has 1 aliphatic rings. The Hall–Kier alpha value is -2.12. The molecule has 1 aromatic carbocycles. The van der Waals surface area contributed by atoms with Crippen LogP contribution >= 0.6 is 23.4 Å². The number of aromatic nitrogens is 3. The van der Waals surface area contributed by atoms with Gasteiger partial charge in [0.25, 0.3) is 0 Å². The minimum atomic E-state index is 0.638. The third-order valence-corrected chi connectivity index (χ3v) is 6.10. The lowest BCUT2D eigenvalue weighted by Gasteiger charge is -2.27.